The predicted molar refractivity (Wildman–Crippen MR) is 87.0 cm³/mol. The molecule has 0 amide bonds. The van der Waals surface area contributed by atoms with Gasteiger partial charge in [-0.3, -0.25) is 4.79 Å². The van der Waals surface area contributed by atoms with Crippen LogP contribution in [0.1, 0.15) is 29.3 Å². The number of methoxy groups -OCH3 is 1. The summed E-state index contributed by atoms with van der Waals surface area (Å²) < 4.78 is 7.28. The van der Waals surface area contributed by atoms with E-state index in [0.29, 0.717) is 5.75 Å². The lowest BCUT2D eigenvalue weighted by Gasteiger charge is -2.17. The van der Waals surface area contributed by atoms with Gasteiger partial charge in [0.2, 0.25) is 0 Å². The van der Waals surface area contributed by atoms with E-state index >= 15 is 0 Å². The number of aryl methyl sites for hydroxylation is 1. The van der Waals surface area contributed by atoms with Gasteiger partial charge in [-0.15, -0.1) is 0 Å². The molecule has 0 aliphatic heterocycles. The minimum absolute atomic E-state index is 0.00467. The first-order valence-corrected chi connectivity index (χ1v) is 7.39. The van der Waals surface area contributed by atoms with Crippen LogP contribution in [0.5, 0.6) is 5.75 Å². The van der Waals surface area contributed by atoms with Crippen LogP contribution in [0, 0.1) is 6.92 Å². The lowest BCUT2D eigenvalue weighted by atomic mass is 9.92. The molecule has 5 nitrogen and oxygen atoms in total. The number of carboxylic acid groups (broad SMARTS) is 1. The van der Waals surface area contributed by atoms with E-state index in [0.717, 1.165) is 22.6 Å². The van der Waals surface area contributed by atoms with E-state index in [4.69, 9.17) is 4.74 Å². The Labute approximate surface area is 134 Å². The van der Waals surface area contributed by atoms with Crippen LogP contribution in [0.2, 0.25) is 0 Å². The van der Waals surface area contributed by atoms with Crippen molar-refractivity contribution in [1.29, 1.82) is 0 Å². The van der Waals surface area contributed by atoms with Crippen molar-refractivity contribution in [2.75, 3.05) is 7.11 Å². The van der Waals surface area contributed by atoms with Crippen molar-refractivity contribution in [2.45, 2.75) is 19.3 Å². The quantitative estimate of drug-likeness (QED) is 0.785. The number of carbonyl (C=O) groups is 1. The Kier molecular flexibility index (Phi) is 4.02. The molecule has 1 unspecified atom stereocenters. The summed E-state index contributed by atoms with van der Waals surface area (Å²) in [6.07, 6.45) is 1.75. The second kappa shape index (κ2) is 6.12. The average molecular weight is 310 g/mol. The number of fused-ring (bicyclic) bond motifs is 1. The zero-order chi connectivity index (χ0) is 16.4. The van der Waals surface area contributed by atoms with Crippen molar-refractivity contribution < 1.29 is 14.6 Å². The van der Waals surface area contributed by atoms with Gasteiger partial charge in [0, 0.05) is 17.8 Å². The molecule has 1 atom stereocenters. The summed E-state index contributed by atoms with van der Waals surface area (Å²) in [6.45, 7) is 1.99. The van der Waals surface area contributed by atoms with E-state index < -0.39 is 5.97 Å². The Morgan fingerprint density at radius 3 is 2.83 bits per heavy atom. The van der Waals surface area contributed by atoms with Crippen LogP contribution >= 0.6 is 0 Å². The molecule has 0 aliphatic carbocycles. The summed E-state index contributed by atoms with van der Waals surface area (Å²) >= 11 is 0. The maximum atomic E-state index is 11.4. The predicted octanol–water partition coefficient (Wildman–Crippen LogP) is 3.26. The number of ether oxygens (including phenoxy) is 1. The normalized spacial score (nSPS) is 12.3. The van der Waals surface area contributed by atoms with Crippen LogP contribution < -0.4 is 4.74 Å². The van der Waals surface area contributed by atoms with Crippen LogP contribution in [0.4, 0.5) is 0 Å². The highest BCUT2D eigenvalue weighted by Crippen LogP contribution is 2.31. The van der Waals surface area contributed by atoms with E-state index in [9.17, 15) is 9.90 Å². The van der Waals surface area contributed by atoms with Crippen molar-refractivity contribution in [3.63, 3.8) is 0 Å². The fourth-order valence-corrected chi connectivity index (χ4v) is 2.90. The van der Waals surface area contributed by atoms with Gasteiger partial charge in [0.15, 0.2) is 0 Å². The molecule has 0 radical (unpaired) electrons. The number of benzene rings is 1. The minimum Gasteiger partial charge on any atom is -0.497 e. The average Bonchev–Trinajstić information content (AvgIpc) is 2.98. The molecule has 0 fully saturated rings. The third-order valence-electron chi connectivity index (χ3n) is 3.98. The SMILES string of the molecule is COc1cccc(C(CC(=O)O)c2cnc3cccc(C)n23)c1. The summed E-state index contributed by atoms with van der Waals surface area (Å²) in [5.74, 6) is -0.427. The minimum atomic E-state index is -0.846. The van der Waals surface area contributed by atoms with Crippen molar-refractivity contribution in [1.82, 2.24) is 9.38 Å². The Morgan fingerprint density at radius 1 is 1.30 bits per heavy atom. The molecule has 2 aromatic heterocycles. The first kappa shape index (κ1) is 15.1. The second-order valence-corrected chi connectivity index (χ2v) is 5.47. The second-order valence-electron chi connectivity index (χ2n) is 5.47. The summed E-state index contributed by atoms with van der Waals surface area (Å²) in [5.41, 5.74) is 3.61. The number of nitrogens with zero attached hydrogens (tertiary/aromatic N) is 2. The Morgan fingerprint density at radius 2 is 2.09 bits per heavy atom. The Bertz CT molecular complexity index is 854. The van der Waals surface area contributed by atoms with Crippen molar-refractivity contribution in [3.8, 4) is 5.75 Å². The number of hydrogen-bond donors (Lipinski definition) is 1. The molecule has 1 aromatic carbocycles. The lowest BCUT2D eigenvalue weighted by Crippen LogP contribution is -2.11. The molecule has 0 saturated carbocycles. The van der Waals surface area contributed by atoms with E-state index in [1.807, 2.05) is 53.8 Å². The first-order chi connectivity index (χ1) is 11.1. The monoisotopic (exact) mass is 310 g/mol. The van der Waals surface area contributed by atoms with Gasteiger partial charge in [-0.1, -0.05) is 18.2 Å². The Balaban J connectivity index is 2.16. The highest BCUT2D eigenvalue weighted by atomic mass is 16.5. The van der Waals surface area contributed by atoms with Gasteiger partial charge in [-0.05, 0) is 36.8 Å². The highest BCUT2D eigenvalue weighted by molar-refractivity contribution is 5.69. The smallest absolute Gasteiger partial charge is 0.304 e. The maximum Gasteiger partial charge on any atom is 0.304 e. The maximum absolute atomic E-state index is 11.4. The molecule has 1 N–H and O–H groups in total. The Hall–Kier alpha value is -2.82. The molecule has 3 aromatic rings. The third kappa shape index (κ3) is 2.90. The molecule has 2 heterocycles. The number of aromatic nitrogens is 2. The number of carboxylic acids is 1. The highest BCUT2D eigenvalue weighted by Gasteiger charge is 2.22. The molecular weight excluding hydrogens is 292 g/mol. The van der Waals surface area contributed by atoms with E-state index in [1.165, 1.54) is 0 Å². The van der Waals surface area contributed by atoms with Crippen LogP contribution in [-0.4, -0.2) is 27.6 Å². The molecule has 3 rings (SSSR count). The molecular formula is C18H18N2O3. The summed E-state index contributed by atoms with van der Waals surface area (Å²) in [7, 11) is 1.60. The van der Waals surface area contributed by atoms with E-state index in [1.54, 1.807) is 13.3 Å². The zero-order valence-corrected chi connectivity index (χ0v) is 13.1. The lowest BCUT2D eigenvalue weighted by molar-refractivity contribution is -0.137. The number of aliphatic carboxylic acids is 1. The van der Waals surface area contributed by atoms with Crippen molar-refractivity contribution in [2.24, 2.45) is 0 Å². The van der Waals surface area contributed by atoms with Crippen LogP contribution in [-0.2, 0) is 4.79 Å². The van der Waals surface area contributed by atoms with Crippen molar-refractivity contribution in [3.05, 3.63) is 65.6 Å². The summed E-state index contributed by atoms with van der Waals surface area (Å²) in [5, 5.41) is 9.35. The van der Waals surface area contributed by atoms with Crippen LogP contribution in [0.3, 0.4) is 0 Å². The van der Waals surface area contributed by atoms with Crippen molar-refractivity contribution >= 4 is 11.6 Å². The fourth-order valence-electron chi connectivity index (χ4n) is 2.90. The molecule has 0 spiro atoms. The van der Waals surface area contributed by atoms with Gasteiger partial charge in [0.05, 0.1) is 19.2 Å². The van der Waals surface area contributed by atoms with Crippen LogP contribution in [0.25, 0.3) is 5.65 Å². The van der Waals surface area contributed by atoms with Gasteiger partial charge in [-0.2, -0.15) is 0 Å². The largest absolute Gasteiger partial charge is 0.497 e. The summed E-state index contributed by atoms with van der Waals surface area (Å²) in [4.78, 5) is 15.8. The molecule has 5 heteroatoms. The molecule has 0 bridgehead atoms. The third-order valence-corrected chi connectivity index (χ3v) is 3.98. The van der Waals surface area contributed by atoms with Gasteiger partial charge in [-0.25, -0.2) is 4.98 Å². The fraction of sp³-hybridized carbons (Fsp3) is 0.222. The molecule has 0 aliphatic rings. The summed E-state index contributed by atoms with van der Waals surface area (Å²) in [6, 6.07) is 13.4. The molecule has 0 saturated heterocycles. The number of pyridine rings is 1. The standard InChI is InChI=1S/C18H18N2O3/c1-12-5-3-8-17-19-11-16(20(12)17)15(10-18(21)22)13-6-4-7-14(9-13)23-2/h3-9,11,15H,10H2,1-2H3,(H,21,22). The first-order valence-electron chi connectivity index (χ1n) is 7.39. The zero-order valence-electron chi connectivity index (χ0n) is 13.1. The van der Waals surface area contributed by atoms with Gasteiger partial charge < -0.3 is 14.2 Å². The van der Waals surface area contributed by atoms with Gasteiger partial charge in [0.25, 0.3) is 0 Å². The molecule has 23 heavy (non-hydrogen) atoms. The van der Waals surface area contributed by atoms with Crippen LogP contribution in [0.15, 0.2) is 48.7 Å². The number of hydrogen-bond acceptors (Lipinski definition) is 3. The topological polar surface area (TPSA) is 63.8 Å². The van der Waals surface area contributed by atoms with Gasteiger partial charge >= 0.3 is 5.97 Å². The number of rotatable bonds is 5. The van der Waals surface area contributed by atoms with E-state index in [-0.39, 0.29) is 12.3 Å². The van der Waals surface area contributed by atoms with Gasteiger partial charge in [0.1, 0.15) is 11.4 Å². The number of imidazole rings is 1. The van der Waals surface area contributed by atoms with E-state index in [2.05, 4.69) is 4.98 Å². The molecule has 118 valence electrons.